The van der Waals surface area contributed by atoms with Gasteiger partial charge in [-0.2, -0.15) is 0 Å². The molecule has 4 heteroatoms. The fourth-order valence-electron chi connectivity index (χ4n) is 3.18. The SMILES string of the molecule is CN(CCC(N)c1cccc(F)c1)CC1(N(C)C)CCC1. The van der Waals surface area contributed by atoms with Gasteiger partial charge in [0.05, 0.1) is 0 Å². The van der Waals surface area contributed by atoms with E-state index in [1.165, 1.54) is 31.4 Å². The normalized spacial score (nSPS) is 18.8. The second-order valence-electron chi connectivity index (χ2n) is 6.66. The molecule has 0 radical (unpaired) electrons. The van der Waals surface area contributed by atoms with Gasteiger partial charge in [0, 0.05) is 18.1 Å². The Kier molecular flexibility index (Phi) is 5.36. The molecule has 1 fully saturated rings. The molecule has 2 N–H and O–H groups in total. The average molecular weight is 293 g/mol. The van der Waals surface area contributed by atoms with Gasteiger partial charge >= 0.3 is 0 Å². The summed E-state index contributed by atoms with van der Waals surface area (Å²) >= 11 is 0. The van der Waals surface area contributed by atoms with E-state index in [2.05, 4.69) is 30.9 Å². The Labute approximate surface area is 127 Å². The van der Waals surface area contributed by atoms with E-state index in [4.69, 9.17) is 5.73 Å². The lowest BCUT2D eigenvalue weighted by molar-refractivity contribution is 0.0272. The van der Waals surface area contributed by atoms with Crippen LogP contribution in [-0.2, 0) is 0 Å². The molecule has 118 valence electrons. The highest BCUT2D eigenvalue weighted by Gasteiger charge is 2.39. The second kappa shape index (κ2) is 6.86. The van der Waals surface area contributed by atoms with Crippen molar-refractivity contribution in [1.82, 2.24) is 9.80 Å². The van der Waals surface area contributed by atoms with Crippen molar-refractivity contribution in [2.45, 2.75) is 37.3 Å². The maximum absolute atomic E-state index is 13.2. The van der Waals surface area contributed by atoms with Crippen LogP contribution in [0.5, 0.6) is 0 Å². The maximum Gasteiger partial charge on any atom is 0.123 e. The summed E-state index contributed by atoms with van der Waals surface area (Å²) in [7, 11) is 6.50. The molecule has 1 unspecified atom stereocenters. The number of benzene rings is 1. The number of hydrogen-bond donors (Lipinski definition) is 1. The zero-order valence-electron chi connectivity index (χ0n) is 13.5. The summed E-state index contributed by atoms with van der Waals surface area (Å²) in [5.41, 5.74) is 7.41. The van der Waals surface area contributed by atoms with Crippen molar-refractivity contribution in [3.63, 3.8) is 0 Å². The average Bonchev–Trinajstić information content (AvgIpc) is 2.39. The van der Waals surface area contributed by atoms with Crippen LogP contribution in [0.1, 0.15) is 37.3 Å². The van der Waals surface area contributed by atoms with Gasteiger partial charge in [0.25, 0.3) is 0 Å². The van der Waals surface area contributed by atoms with E-state index in [1.807, 2.05) is 6.07 Å². The Morgan fingerprint density at radius 1 is 1.29 bits per heavy atom. The molecule has 1 saturated carbocycles. The van der Waals surface area contributed by atoms with Gasteiger partial charge in [-0.05, 0) is 71.1 Å². The van der Waals surface area contributed by atoms with Crippen LogP contribution < -0.4 is 5.73 Å². The molecule has 1 aromatic rings. The molecule has 1 aliphatic rings. The van der Waals surface area contributed by atoms with E-state index >= 15 is 0 Å². The first-order chi connectivity index (χ1) is 9.93. The molecule has 0 aliphatic heterocycles. The van der Waals surface area contributed by atoms with Gasteiger partial charge in [0.2, 0.25) is 0 Å². The van der Waals surface area contributed by atoms with Gasteiger partial charge < -0.3 is 15.5 Å². The van der Waals surface area contributed by atoms with Crippen molar-refractivity contribution in [2.24, 2.45) is 5.73 Å². The molecule has 0 bridgehead atoms. The fourth-order valence-corrected chi connectivity index (χ4v) is 3.18. The predicted molar refractivity (Wildman–Crippen MR) is 85.7 cm³/mol. The predicted octanol–water partition coefficient (Wildman–Crippen LogP) is 2.63. The molecular weight excluding hydrogens is 265 g/mol. The largest absolute Gasteiger partial charge is 0.324 e. The first-order valence-electron chi connectivity index (χ1n) is 7.80. The highest BCUT2D eigenvalue weighted by atomic mass is 19.1. The summed E-state index contributed by atoms with van der Waals surface area (Å²) in [5.74, 6) is -0.211. The highest BCUT2D eigenvalue weighted by molar-refractivity contribution is 5.19. The topological polar surface area (TPSA) is 32.5 Å². The Balaban J connectivity index is 1.82. The lowest BCUT2D eigenvalue weighted by atomic mass is 9.75. The van der Waals surface area contributed by atoms with Crippen LogP contribution in [0.4, 0.5) is 4.39 Å². The van der Waals surface area contributed by atoms with Gasteiger partial charge in [-0.15, -0.1) is 0 Å². The fraction of sp³-hybridized carbons (Fsp3) is 0.647. The molecule has 1 aromatic carbocycles. The lowest BCUT2D eigenvalue weighted by Crippen LogP contribution is -2.56. The number of nitrogens with two attached hydrogens (primary N) is 1. The summed E-state index contributed by atoms with van der Waals surface area (Å²) in [6.45, 7) is 2.02. The Morgan fingerprint density at radius 2 is 2.00 bits per heavy atom. The van der Waals surface area contributed by atoms with Gasteiger partial charge in [-0.25, -0.2) is 4.39 Å². The van der Waals surface area contributed by atoms with Gasteiger partial charge in [-0.3, -0.25) is 0 Å². The van der Waals surface area contributed by atoms with Crippen molar-refractivity contribution >= 4 is 0 Å². The highest BCUT2D eigenvalue weighted by Crippen LogP contribution is 2.36. The summed E-state index contributed by atoms with van der Waals surface area (Å²) in [5, 5.41) is 0. The van der Waals surface area contributed by atoms with E-state index < -0.39 is 0 Å². The smallest absolute Gasteiger partial charge is 0.123 e. The van der Waals surface area contributed by atoms with Crippen LogP contribution in [0.25, 0.3) is 0 Å². The monoisotopic (exact) mass is 293 g/mol. The Hall–Kier alpha value is -0.970. The van der Waals surface area contributed by atoms with Crippen LogP contribution in [0.15, 0.2) is 24.3 Å². The lowest BCUT2D eigenvalue weighted by Gasteiger charge is -2.49. The third-order valence-electron chi connectivity index (χ3n) is 4.90. The number of hydrogen-bond acceptors (Lipinski definition) is 3. The number of nitrogens with zero attached hydrogens (tertiary/aromatic N) is 2. The molecule has 0 heterocycles. The first kappa shape index (κ1) is 16.4. The molecule has 3 nitrogen and oxygen atoms in total. The zero-order chi connectivity index (χ0) is 15.5. The van der Waals surface area contributed by atoms with Crippen molar-refractivity contribution in [3.05, 3.63) is 35.6 Å². The quantitative estimate of drug-likeness (QED) is 0.839. The third-order valence-corrected chi connectivity index (χ3v) is 4.90. The summed E-state index contributed by atoms with van der Waals surface area (Å²) in [4.78, 5) is 4.72. The minimum Gasteiger partial charge on any atom is -0.324 e. The van der Waals surface area contributed by atoms with Gasteiger partial charge in [-0.1, -0.05) is 12.1 Å². The van der Waals surface area contributed by atoms with Crippen LogP contribution >= 0.6 is 0 Å². The molecule has 21 heavy (non-hydrogen) atoms. The van der Waals surface area contributed by atoms with E-state index in [-0.39, 0.29) is 11.9 Å². The van der Waals surface area contributed by atoms with E-state index in [9.17, 15) is 4.39 Å². The first-order valence-corrected chi connectivity index (χ1v) is 7.80. The minimum absolute atomic E-state index is 0.0974. The molecular formula is C17H28FN3. The molecule has 0 aromatic heterocycles. The molecule has 2 rings (SSSR count). The molecule has 1 atom stereocenters. The van der Waals surface area contributed by atoms with Crippen LogP contribution in [0, 0.1) is 5.82 Å². The molecule has 0 saturated heterocycles. The standard InChI is InChI=1S/C17H28FN3/c1-20(2)17(9-5-10-17)13-21(3)11-8-16(19)14-6-4-7-15(18)12-14/h4,6-7,12,16H,5,8-11,13,19H2,1-3H3. The Morgan fingerprint density at radius 3 is 2.52 bits per heavy atom. The van der Waals surface area contributed by atoms with Crippen LogP contribution in [-0.4, -0.2) is 49.6 Å². The molecule has 0 spiro atoms. The third kappa shape index (κ3) is 4.02. The minimum atomic E-state index is -0.211. The summed E-state index contributed by atoms with van der Waals surface area (Å²) in [6, 6.07) is 6.53. The van der Waals surface area contributed by atoms with Crippen LogP contribution in [0.3, 0.4) is 0 Å². The maximum atomic E-state index is 13.2. The zero-order valence-corrected chi connectivity index (χ0v) is 13.5. The van der Waals surface area contributed by atoms with E-state index in [0.717, 1.165) is 25.1 Å². The van der Waals surface area contributed by atoms with Crippen molar-refractivity contribution in [1.29, 1.82) is 0 Å². The summed E-state index contributed by atoms with van der Waals surface area (Å²) in [6.07, 6.45) is 4.73. The van der Waals surface area contributed by atoms with Gasteiger partial charge in [0.15, 0.2) is 0 Å². The van der Waals surface area contributed by atoms with Crippen molar-refractivity contribution in [3.8, 4) is 0 Å². The van der Waals surface area contributed by atoms with E-state index in [1.54, 1.807) is 6.07 Å². The number of likely N-dealkylation sites (N-methyl/N-ethyl adjacent to an activating group) is 2. The van der Waals surface area contributed by atoms with Crippen LogP contribution in [0.2, 0.25) is 0 Å². The number of halogens is 1. The van der Waals surface area contributed by atoms with E-state index in [0.29, 0.717) is 5.54 Å². The summed E-state index contributed by atoms with van der Waals surface area (Å²) < 4.78 is 13.2. The molecule has 0 amide bonds. The van der Waals surface area contributed by atoms with Crippen molar-refractivity contribution < 1.29 is 4.39 Å². The second-order valence-corrected chi connectivity index (χ2v) is 6.66. The Bertz CT molecular complexity index is 457. The number of rotatable bonds is 7. The van der Waals surface area contributed by atoms with Gasteiger partial charge in [0.1, 0.15) is 5.82 Å². The van der Waals surface area contributed by atoms with Crippen molar-refractivity contribution in [2.75, 3.05) is 34.2 Å². The molecule has 1 aliphatic carbocycles.